The number of benzene rings is 1. The molecule has 4 atom stereocenters. The first-order chi connectivity index (χ1) is 11.5. The van der Waals surface area contributed by atoms with Gasteiger partial charge in [-0.1, -0.05) is 36.4 Å². The summed E-state index contributed by atoms with van der Waals surface area (Å²) in [6.07, 6.45) is 0.606. The van der Waals surface area contributed by atoms with Crippen LogP contribution in [0.25, 0.3) is 12.2 Å². The number of aromatic nitrogens is 2. The predicted molar refractivity (Wildman–Crippen MR) is 88.3 cm³/mol. The van der Waals surface area contributed by atoms with Gasteiger partial charge in [-0.25, -0.2) is 4.79 Å². The highest BCUT2D eigenvalue weighted by Crippen LogP contribution is 2.27. The number of aromatic amines is 1. The number of aliphatic hydroxyl groups is 2. The van der Waals surface area contributed by atoms with Crippen LogP contribution in [-0.2, 0) is 4.74 Å². The monoisotopic (exact) mass is 330 g/mol. The molecule has 1 aromatic carbocycles. The zero-order chi connectivity index (χ0) is 17.3. The van der Waals surface area contributed by atoms with Crippen molar-refractivity contribution in [2.45, 2.75) is 31.5 Å². The fourth-order valence-electron chi connectivity index (χ4n) is 2.62. The summed E-state index contributed by atoms with van der Waals surface area (Å²) in [5.74, 6) is 0. The lowest BCUT2D eigenvalue weighted by Crippen LogP contribution is -2.38. The number of rotatable bonds is 3. The summed E-state index contributed by atoms with van der Waals surface area (Å²) in [5.41, 5.74) is -0.106. The molecule has 0 unspecified atom stereocenters. The Morgan fingerprint density at radius 3 is 2.46 bits per heavy atom. The SMILES string of the molecule is C[C@H]1O[C@@H](n2cc(/C=C\c3ccccc3)c(=O)[nH]c2=O)[C@H](O)[C@@H]1O. The zero-order valence-corrected chi connectivity index (χ0v) is 13.0. The van der Waals surface area contributed by atoms with Crippen molar-refractivity contribution in [3.05, 3.63) is 68.5 Å². The van der Waals surface area contributed by atoms with E-state index in [0.717, 1.165) is 10.1 Å². The van der Waals surface area contributed by atoms with Gasteiger partial charge in [0.15, 0.2) is 6.23 Å². The molecule has 7 heteroatoms. The van der Waals surface area contributed by atoms with Crippen LogP contribution in [0.3, 0.4) is 0 Å². The van der Waals surface area contributed by atoms with Crippen LogP contribution in [0.2, 0.25) is 0 Å². The van der Waals surface area contributed by atoms with Crippen molar-refractivity contribution in [2.24, 2.45) is 0 Å². The molecule has 1 aromatic heterocycles. The number of nitrogens with zero attached hydrogens (tertiary/aromatic N) is 1. The van der Waals surface area contributed by atoms with Crippen molar-refractivity contribution in [3.8, 4) is 0 Å². The Bertz CT molecular complexity index is 855. The Morgan fingerprint density at radius 1 is 1.12 bits per heavy atom. The third-order valence-corrected chi connectivity index (χ3v) is 4.00. The Balaban J connectivity index is 1.97. The summed E-state index contributed by atoms with van der Waals surface area (Å²) in [6.45, 7) is 1.60. The van der Waals surface area contributed by atoms with Crippen molar-refractivity contribution >= 4 is 12.2 Å². The lowest BCUT2D eigenvalue weighted by molar-refractivity contribution is -0.0351. The van der Waals surface area contributed by atoms with Crippen LogP contribution in [0.5, 0.6) is 0 Å². The van der Waals surface area contributed by atoms with Gasteiger partial charge in [0.2, 0.25) is 0 Å². The highest BCUT2D eigenvalue weighted by molar-refractivity contribution is 5.68. The second kappa shape index (κ2) is 6.56. The van der Waals surface area contributed by atoms with Crippen LogP contribution in [0, 0.1) is 0 Å². The van der Waals surface area contributed by atoms with E-state index in [0.29, 0.717) is 0 Å². The van der Waals surface area contributed by atoms with E-state index in [1.54, 1.807) is 19.1 Å². The average Bonchev–Trinajstić information content (AvgIpc) is 2.82. The van der Waals surface area contributed by atoms with E-state index < -0.39 is 35.8 Å². The standard InChI is InChI=1S/C17H18N2O5/c1-10-13(20)14(21)16(24-10)19-9-12(15(22)18-17(19)23)8-7-11-5-3-2-4-6-11/h2-10,13-14,16,20-21H,1H3,(H,18,22,23)/b8-7-/t10-,13-,14-,16-/m1/s1. The van der Waals surface area contributed by atoms with Crippen LogP contribution < -0.4 is 11.2 Å². The van der Waals surface area contributed by atoms with E-state index in [9.17, 15) is 19.8 Å². The predicted octanol–water partition coefficient (Wildman–Crippen LogP) is 0.346. The minimum atomic E-state index is -1.26. The average molecular weight is 330 g/mol. The molecule has 126 valence electrons. The molecule has 24 heavy (non-hydrogen) atoms. The third-order valence-electron chi connectivity index (χ3n) is 4.00. The molecule has 2 aromatic rings. The van der Waals surface area contributed by atoms with E-state index in [-0.39, 0.29) is 5.56 Å². The molecule has 1 aliphatic heterocycles. The zero-order valence-electron chi connectivity index (χ0n) is 13.0. The largest absolute Gasteiger partial charge is 0.388 e. The van der Waals surface area contributed by atoms with Crippen LogP contribution >= 0.6 is 0 Å². The van der Waals surface area contributed by atoms with Crippen molar-refractivity contribution in [3.63, 3.8) is 0 Å². The molecule has 1 aliphatic rings. The first-order valence-electron chi connectivity index (χ1n) is 7.57. The molecule has 0 aliphatic carbocycles. The third kappa shape index (κ3) is 3.09. The van der Waals surface area contributed by atoms with Crippen molar-refractivity contribution < 1.29 is 14.9 Å². The van der Waals surface area contributed by atoms with Gasteiger partial charge in [-0.3, -0.25) is 14.3 Å². The molecule has 3 N–H and O–H groups in total. The molecule has 0 saturated carbocycles. The van der Waals surface area contributed by atoms with Crippen LogP contribution in [0.15, 0.2) is 46.1 Å². The first-order valence-corrected chi connectivity index (χ1v) is 7.57. The Hall–Kier alpha value is -2.48. The lowest BCUT2D eigenvalue weighted by Gasteiger charge is -2.17. The molecule has 1 fully saturated rings. The maximum atomic E-state index is 12.0. The minimum absolute atomic E-state index is 0.239. The van der Waals surface area contributed by atoms with Gasteiger partial charge >= 0.3 is 5.69 Å². The maximum Gasteiger partial charge on any atom is 0.330 e. The minimum Gasteiger partial charge on any atom is -0.388 e. The van der Waals surface area contributed by atoms with Crippen molar-refractivity contribution in [1.82, 2.24) is 9.55 Å². The molecule has 2 heterocycles. The fraction of sp³-hybridized carbons (Fsp3) is 0.294. The molecule has 7 nitrogen and oxygen atoms in total. The summed E-state index contributed by atoms with van der Waals surface area (Å²) < 4.78 is 6.51. The smallest absolute Gasteiger partial charge is 0.330 e. The Labute approximate surface area is 137 Å². The lowest BCUT2D eigenvalue weighted by atomic mass is 10.1. The Kier molecular flexibility index (Phi) is 4.48. The second-order valence-electron chi connectivity index (χ2n) is 5.71. The van der Waals surface area contributed by atoms with Gasteiger partial charge < -0.3 is 14.9 Å². The fourth-order valence-corrected chi connectivity index (χ4v) is 2.62. The van der Waals surface area contributed by atoms with Gasteiger partial charge in [-0.2, -0.15) is 0 Å². The van der Waals surface area contributed by atoms with E-state index in [2.05, 4.69) is 4.98 Å². The summed E-state index contributed by atoms with van der Waals surface area (Å²) >= 11 is 0. The van der Waals surface area contributed by atoms with E-state index >= 15 is 0 Å². The highest BCUT2D eigenvalue weighted by atomic mass is 16.6. The molecule has 0 spiro atoms. The summed E-state index contributed by atoms with van der Waals surface area (Å²) in [6, 6.07) is 9.38. The van der Waals surface area contributed by atoms with Gasteiger partial charge in [0.25, 0.3) is 5.56 Å². The molecular formula is C17H18N2O5. The summed E-state index contributed by atoms with van der Waals surface area (Å²) in [4.78, 5) is 26.2. The molecule has 0 amide bonds. The van der Waals surface area contributed by atoms with Gasteiger partial charge in [0.05, 0.1) is 11.7 Å². The molecular weight excluding hydrogens is 312 g/mol. The molecule has 3 rings (SSSR count). The number of nitrogens with one attached hydrogen (secondary N) is 1. The van der Waals surface area contributed by atoms with Gasteiger partial charge in [-0.15, -0.1) is 0 Å². The number of hydrogen-bond donors (Lipinski definition) is 3. The van der Waals surface area contributed by atoms with E-state index in [4.69, 9.17) is 4.74 Å². The normalized spacial score (nSPS) is 27.0. The number of hydrogen-bond acceptors (Lipinski definition) is 5. The van der Waals surface area contributed by atoms with Crippen LogP contribution in [-0.4, -0.2) is 38.1 Å². The number of aliphatic hydroxyl groups excluding tert-OH is 2. The number of ether oxygens (including phenoxy) is 1. The van der Waals surface area contributed by atoms with Gasteiger partial charge in [0.1, 0.15) is 12.2 Å². The van der Waals surface area contributed by atoms with Crippen molar-refractivity contribution in [2.75, 3.05) is 0 Å². The van der Waals surface area contributed by atoms with Crippen molar-refractivity contribution in [1.29, 1.82) is 0 Å². The van der Waals surface area contributed by atoms with E-state index in [1.165, 1.54) is 6.20 Å². The summed E-state index contributed by atoms with van der Waals surface area (Å²) in [7, 11) is 0. The van der Waals surface area contributed by atoms with Crippen LogP contribution in [0.4, 0.5) is 0 Å². The first kappa shape index (κ1) is 16.4. The van der Waals surface area contributed by atoms with E-state index in [1.807, 2.05) is 30.3 Å². The highest BCUT2D eigenvalue weighted by Gasteiger charge is 2.41. The van der Waals surface area contributed by atoms with Gasteiger partial charge in [-0.05, 0) is 18.6 Å². The van der Waals surface area contributed by atoms with Gasteiger partial charge in [0, 0.05) is 6.20 Å². The number of H-pyrrole nitrogens is 1. The molecule has 0 radical (unpaired) electrons. The molecule has 0 bridgehead atoms. The molecule has 1 saturated heterocycles. The quantitative estimate of drug-likeness (QED) is 0.753. The topological polar surface area (TPSA) is 105 Å². The maximum absolute atomic E-state index is 12.0. The second-order valence-corrected chi connectivity index (χ2v) is 5.71. The van der Waals surface area contributed by atoms with Crippen LogP contribution in [0.1, 0.15) is 24.3 Å². The summed E-state index contributed by atoms with van der Waals surface area (Å²) in [5, 5.41) is 19.8. The Morgan fingerprint density at radius 2 is 1.83 bits per heavy atom.